The molecule has 1 aromatic heterocycles. The third kappa shape index (κ3) is 7.26. The molecule has 3 heterocycles. The Morgan fingerprint density at radius 3 is 2.43 bits per heavy atom. The number of carbonyl (C=O) groups is 2. The van der Waals surface area contributed by atoms with Gasteiger partial charge in [0.15, 0.2) is 11.6 Å². The summed E-state index contributed by atoms with van der Waals surface area (Å²) in [6.07, 6.45) is 4.77. The van der Waals surface area contributed by atoms with E-state index in [1.807, 2.05) is 18.3 Å². The highest BCUT2D eigenvalue weighted by molar-refractivity contribution is 5.86. The van der Waals surface area contributed by atoms with Crippen LogP contribution in [0.2, 0.25) is 0 Å². The molecule has 3 aromatic rings. The summed E-state index contributed by atoms with van der Waals surface area (Å²) in [4.78, 5) is 30.4. The highest BCUT2D eigenvalue weighted by Crippen LogP contribution is 2.31. The summed E-state index contributed by atoms with van der Waals surface area (Å²) in [5.74, 6) is -1.91. The first kappa shape index (κ1) is 31.2. The van der Waals surface area contributed by atoms with Gasteiger partial charge in [0, 0.05) is 31.7 Å². The number of hydrogen-bond donors (Lipinski definition) is 1. The molecule has 0 aliphatic carbocycles. The molecule has 0 radical (unpaired) electrons. The topological polar surface area (TPSA) is 92.6 Å². The number of piperidine rings is 1. The summed E-state index contributed by atoms with van der Waals surface area (Å²) < 4.78 is 34.4. The van der Waals surface area contributed by atoms with E-state index >= 15 is 0 Å². The van der Waals surface area contributed by atoms with Gasteiger partial charge in [-0.1, -0.05) is 41.1 Å². The maximum Gasteiger partial charge on any atom is 0.411 e. The number of nitrogens with one attached hydrogen (secondary N) is 1. The minimum Gasteiger partial charge on any atom is -0.444 e. The lowest BCUT2D eigenvalue weighted by Gasteiger charge is -2.34. The molecule has 2 amide bonds. The highest BCUT2D eigenvalue weighted by Gasteiger charge is 2.44. The van der Waals surface area contributed by atoms with Gasteiger partial charge in [-0.3, -0.25) is 9.69 Å². The van der Waals surface area contributed by atoms with Gasteiger partial charge in [0.2, 0.25) is 5.91 Å². The number of ether oxygens (including phenoxy) is 1. The SMILES string of the molecule is Cc1cccc(C)c1NCc1cn(C2C[C@H](C(=O)N3CCC(=Cc4ccc(F)c(F)c4)CC3)N(C(=O)OC(C)(C)C)C2)nn1. The molecule has 1 unspecified atom stereocenters. The summed E-state index contributed by atoms with van der Waals surface area (Å²) in [5.41, 5.74) is 5.03. The molecule has 44 heavy (non-hydrogen) atoms. The van der Waals surface area contributed by atoms with E-state index in [4.69, 9.17) is 4.74 Å². The molecule has 2 saturated heterocycles. The summed E-state index contributed by atoms with van der Waals surface area (Å²) in [6, 6.07) is 9.01. The number of amides is 2. The van der Waals surface area contributed by atoms with Crippen LogP contribution >= 0.6 is 0 Å². The monoisotopic (exact) mass is 606 g/mol. The van der Waals surface area contributed by atoms with Crippen LogP contribution < -0.4 is 5.32 Å². The molecule has 9 nitrogen and oxygen atoms in total. The van der Waals surface area contributed by atoms with E-state index in [1.165, 1.54) is 17.0 Å². The molecule has 0 saturated carbocycles. The van der Waals surface area contributed by atoms with Gasteiger partial charge in [-0.25, -0.2) is 18.3 Å². The van der Waals surface area contributed by atoms with Gasteiger partial charge < -0.3 is 15.0 Å². The lowest BCUT2D eigenvalue weighted by molar-refractivity contribution is -0.136. The van der Waals surface area contributed by atoms with Gasteiger partial charge in [0.25, 0.3) is 0 Å². The van der Waals surface area contributed by atoms with Crippen LogP contribution in [0.15, 0.2) is 48.2 Å². The zero-order valence-electron chi connectivity index (χ0n) is 25.9. The molecule has 2 fully saturated rings. The largest absolute Gasteiger partial charge is 0.444 e. The van der Waals surface area contributed by atoms with Crippen LogP contribution in [-0.2, 0) is 16.1 Å². The number of anilines is 1. The Morgan fingerprint density at radius 2 is 1.77 bits per heavy atom. The van der Waals surface area contributed by atoms with Crippen LogP contribution in [0.5, 0.6) is 0 Å². The van der Waals surface area contributed by atoms with Crippen molar-refractivity contribution in [1.29, 1.82) is 0 Å². The second kappa shape index (κ2) is 12.8. The van der Waals surface area contributed by atoms with Crippen LogP contribution in [0.3, 0.4) is 0 Å². The number of halogens is 2. The van der Waals surface area contributed by atoms with E-state index in [-0.39, 0.29) is 18.5 Å². The quantitative estimate of drug-likeness (QED) is 0.368. The van der Waals surface area contributed by atoms with E-state index in [0.717, 1.165) is 34.1 Å². The second-order valence-electron chi connectivity index (χ2n) is 12.6. The van der Waals surface area contributed by atoms with Crippen molar-refractivity contribution in [3.63, 3.8) is 0 Å². The van der Waals surface area contributed by atoms with Gasteiger partial charge >= 0.3 is 6.09 Å². The van der Waals surface area contributed by atoms with E-state index < -0.39 is 29.4 Å². The molecule has 0 bridgehead atoms. The number of rotatable bonds is 6. The Balaban J connectivity index is 1.27. The number of likely N-dealkylation sites (tertiary alicyclic amines) is 2. The fraction of sp³-hybridized carbons (Fsp3) is 0.455. The molecular weight excluding hydrogens is 566 g/mol. The van der Waals surface area contributed by atoms with Gasteiger partial charge in [-0.15, -0.1) is 5.10 Å². The smallest absolute Gasteiger partial charge is 0.411 e. The number of aromatic nitrogens is 3. The standard InChI is InChI=1S/C33H40F2N6O3/c1-21-7-6-8-22(2)30(21)36-18-25-19-41(38-37-25)26-17-29(40(20-26)32(43)44-33(3,4)5)31(42)39-13-11-23(12-14-39)15-24-9-10-27(34)28(35)16-24/h6-10,15-16,19,26,29,36H,11-14,17-18,20H2,1-5H3/t26?,29-/m1/s1. The van der Waals surface area contributed by atoms with Crippen LogP contribution in [-0.4, -0.2) is 68.1 Å². The highest BCUT2D eigenvalue weighted by atomic mass is 19.2. The predicted octanol–water partition coefficient (Wildman–Crippen LogP) is 6.04. The number of benzene rings is 2. The molecule has 2 aromatic carbocycles. The van der Waals surface area contributed by atoms with Crippen molar-refractivity contribution in [1.82, 2.24) is 24.8 Å². The van der Waals surface area contributed by atoms with Crippen molar-refractivity contribution in [3.8, 4) is 0 Å². The molecule has 2 atom stereocenters. The van der Waals surface area contributed by atoms with Crippen LogP contribution in [0.4, 0.5) is 19.3 Å². The Kier molecular flexibility index (Phi) is 9.03. The van der Waals surface area contributed by atoms with Gasteiger partial charge in [0.1, 0.15) is 17.3 Å². The van der Waals surface area contributed by atoms with E-state index in [1.54, 1.807) is 30.4 Å². The van der Waals surface area contributed by atoms with Gasteiger partial charge in [-0.05, 0) is 76.3 Å². The number of aryl methyl sites for hydroxylation is 2. The zero-order valence-corrected chi connectivity index (χ0v) is 25.9. The lowest BCUT2D eigenvalue weighted by atomic mass is 10.00. The van der Waals surface area contributed by atoms with E-state index in [0.29, 0.717) is 44.5 Å². The van der Waals surface area contributed by atoms with Crippen LogP contribution in [0, 0.1) is 25.5 Å². The normalized spacial score (nSPS) is 18.8. The molecule has 234 valence electrons. The van der Waals surface area contributed by atoms with E-state index in [9.17, 15) is 18.4 Å². The van der Waals surface area contributed by atoms with Crippen molar-refractivity contribution < 1.29 is 23.1 Å². The molecule has 5 rings (SSSR count). The Morgan fingerprint density at radius 1 is 1.07 bits per heavy atom. The zero-order chi connectivity index (χ0) is 31.6. The average molecular weight is 607 g/mol. The first-order valence-corrected chi connectivity index (χ1v) is 15.0. The first-order chi connectivity index (χ1) is 20.9. The summed E-state index contributed by atoms with van der Waals surface area (Å²) in [6.45, 7) is 11.2. The van der Waals surface area contributed by atoms with Crippen LogP contribution in [0.1, 0.15) is 68.5 Å². The molecule has 2 aliphatic rings. The Hall–Kier alpha value is -4.28. The minimum atomic E-state index is -0.887. The number of carbonyl (C=O) groups excluding carboxylic acids is 2. The van der Waals surface area contributed by atoms with Crippen molar-refractivity contribution in [3.05, 3.63) is 82.2 Å². The van der Waals surface area contributed by atoms with Crippen molar-refractivity contribution >= 4 is 23.8 Å². The first-order valence-electron chi connectivity index (χ1n) is 15.0. The third-order valence-corrected chi connectivity index (χ3v) is 8.08. The number of nitrogens with zero attached hydrogens (tertiary/aromatic N) is 5. The molecule has 0 spiro atoms. The summed E-state index contributed by atoms with van der Waals surface area (Å²) in [7, 11) is 0. The molecule has 1 N–H and O–H groups in total. The minimum absolute atomic E-state index is 0.137. The Bertz CT molecular complexity index is 1530. The second-order valence-corrected chi connectivity index (χ2v) is 12.6. The Labute approximate surface area is 256 Å². The van der Waals surface area contributed by atoms with Gasteiger partial charge in [0.05, 0.1) is 18.8 Å². The van der Waals surface area contributed by atoms with Crippen molar-refractivity contribution in [2.45, 2.75) is 78.1 Å². The summed E-state index contributed by atoms with van der Waals surface area (Å²) >= 11 is 0. The van der Waals surface area contributed by atoms with Crippen molar-refractivity contribution in [2.24, 2.45) is 0 Å². The molecular formula is C33H40F2N6O3. The molecule has 2 aliphatic heterocycles. The van der Waals surface area contributed by atoms with Crippen molar-refractivity contribution in [2.75, 3.05) is 25.0 Å². The number of para-hydroxylation sites is 1. The van der Waals surface area contributed by atoms with Gasteiger partial charge in [-0.2, -0.15) is 0 Å². The third-order valence-electron chi connectivity index (χ3n) is 8.08. The summed E-state index contributed by atoms with van der Waals surface area (Å²) in [5, 5.41) is 12.2. The maximum absolute atomic E-state index is 13.8. The van der Waals surface area contributed by atoms with Crippen LogP contribution in [0.25, 0.3) is 6.08 Å². The average Bonchev–Trinajstić information content (AvgIpc) is 3.62. The molecule has 11 heteroatoms. The lowest BCUT2D eigenvalue weighted by Crippen LogP contribution is -2.50. The predicted molar refractivity (Wildman–Crippen MR) is 164 cm³/mol. The number of hydrogen-bond acceptors (Lipinski definition) is 6. The van der Waals surface area contributed by atoms with E-state index in [2.05, 4.69) is 41.6 Å². The maximum atomic E-state index is 13.8. The fourth-order valence-corrected chi connectivity index (χ4v) is 5.81. The fourth-order valence-electron chi connectivity index (χ4n) is 5.81.